The van der Waals surface area contributed by atoms with Gasteiger partial charge in [-0.15, -0.1) is 4.73 Å². The number of benzene rings is 1. The first-order valence-electron chi connectivity index (χ1n) is 8.01. The maximum Gasteiger partial charge on any atom is 0.404 e. The molecule has 2 aromatic heterocycles. The molecular weight excluding hydrogens is 325 g/mol. The number of ether oxygens (including phenoxy) is 1. The van der Waals surface area contributed by atoms with E-state index in [0.29, 0.717) is 33.3 Å². The first-order chi connectivity index (χ1) is 11.8. The minimum atomic E-state index is -0.399. The van der Waals surface area contributed by atoms with Crippen LogP contribution in [-0.2, 0) is 13.5 Å². The van der Waals surface area contributed by atoms with E-state index in [9.17, 15) is 14.4 Å². The van der Waals surface area contributed by atoms with Gasteiger partial charge in [0.15, 0.2) is 5.69 Å². The van der Waals surface area contributed by atoms with E-state index in [1.807, 2.05) is 13.8 Å². The summed E-state index contributed by atoms with van der Waals surface area (Å²) in [7, 11) is 2.97. The standard InChI is InChI=1S/C18H20FN3O3/c1-10(2)7-15-17(23)21(3)16(18(25-4)22(15)24)13-9-20-14-6-5-11(19)8-12(13)14/h5-6,8-10,20H,7H2,1-4H3. The van der Waals surface area contributed by atoms with Crippen LogP contribution in [0, 0.1) is 16.9 Å². The van der Waals surface area contributed by atoms with Crippen LogP contribution in [0.5, 0.6) is 5.88 Å². The molecule has 0 aliphatic rings. The minimum Gasteiger partial charge on any atom is -0.616 e. The van der Waals surface area contributed by atoms with Gasteiger partial charge in [0.25, 0.3) is 5.69 Å². The molecule has 0 aliphatic heterocycles. The molecule has 6 nitrogen and oxygen atoms in total. The number of nitrogens with one attached hydrogen (secondary N) is 1. The lowest BCUT2D eigenvalue weighted by molar-refractivity contribution is -0.622. The van der Waals surface area contributed by atoms with Gasteiger partial charge in [0, 0.05) is 36.1 Å². The fourth-order valence-corrected chi connectivity index (χ4v) is 3.07. The lowest BCUT2D eigenvalue weighted by Gasteiger charge is -2.15. The number of aromatic amines is 1. The average molecular weight is 345 g/mol. The number of nitrogens with zero attached hydrogens (tertiary/aromatic N) is 2. The zero-order valence-electron chi connectivity index (χ0n) is 14.6. The van der Waals surface area contributed by atoms with E-state index in [1.165, 1.54) is 23.8 Å². The van der Waals surface area contributed by atoms with Crippen LogP contribution in [-0.4, -0.2) is 16.7 Å². The summed E-state index contributed by atoms with van der Waals surface area (Å²) in [6.45, 7) is 3.87. The molecule has 0 unspecified atom stereocenters. The van der Waals surface area contributed by atoms with Crippen LogP contribution in [0.15, 0.2) is 29.2 Å². The number of methoxy groups -OCH3 is 1. The number of aromatic nitrogens is 3. The van der Waals surface area contributed by atoms with Crippen molar-refractivity contribution in [1.29, 1.82) is 0 Å². The first-order valence-corrected chi connectivity index (χ1v) is 8.01. The maximum absolute atomic E-state index is 13.7. The smallest absolute Gasteiger partial charge is 0.404 e. The van der Waals surface area contributed by atoms with Gasteiger partial charge in [-0.2, -0.15) is 0 Å². The van der Waals surface area contributed by atoms with Gasteiger partial charge >= 0.3 is 11.4 Å². The zero-order valence-corrected chi connectivity index (χ0v) is 14.6. The SMILES string of the molecule is COc1c(-c2c[nH]c3ccc(F)cc23)n(C)c(=O)c(CC(C)C)[n+]1[O-]. The van der Waals surface area contributed by atoms with Crippen LogP contribution < -0.4 is 15.0 Å². The number of rotatable bonds is 4. The summed E-state index contributed by atoms with van der Waals surface area (Å²) in [5.41, 5.74) is 1.29. The van der Waals surface area contributed by atoms with Crippen molar-refractivity contribution >= 4 is 10.9 Å². The molecule has 0 radical (unpaired) electrons. The average Bonchev–Trinajstić information content (AvgIpc) is 2.97. The van der Waals surface area contributed by atoms with Crippen LogP contribution in [0.25, 0.3) is 22.2 Å². The van der Waals surface area contributed by atoms with Crippen molar-refractivity contribution < 1.29 is 13.9 Å². The quantitative estimate of drug-likeness (QED) is 0.583. The van der Waals surface area contributed by atoms with Gasteiger partial charge in [0.05, 0.1) is 7.11 Å². The third-order valence-electron chi connectivity index (χ3n) is 4.21. The zero-order chi connectivity index (χ0) is 18.3. The molecule has 7 heteroatoms. The van der Waals surface area contributed by atoms with Gasteiger partial charge in [0.1, 0.15) is 5.82 Å². The van der Waals surface area contributed by atoms with Crippen molar-refractivity contribution in [3.63, 3.8) is 0 Å². The minimum absolute atomic E-state index is 0.0166. The Hall–Kier alpha value is -2.83. The van der Waals surface area contributed by atoms with Gasteiger partial charge < -0.3 is 14.9 Å². The summed E-state index contributed by atoms with van der Waals surface area (Å²) in [6, 6.07) is 4.32. The highest BCUT2D eigenvalue weighted by atomic mass is 19.1. The van der Waals surface area contributed by atoms with Gasteiger partial charge in [-0.25, -0.2) is 4.39 Å². The molecule has 0 fully saturated rings. The van der Waals surface area contributed by atoms with Gasteiger partial charge in [0.2, 0.25) is 0 Å². The molecule has 0 saturated heterocycles. The Morgan fingerprint density at radius 2 is 2.12 bits per heavy atom. The third-order valence-corrected chi connectivity index (χ3v) is 4.21. The summed E-state index contributed by atoms with van der Waals surface area (Å²) in [5, 5.41) is 13.3. The molecule has 0 aliphatic carbocycles. The lowest BCUT2D eigenvalue weighted by Crippen LogP contribution is -2.44. The fraction of sp³-hybridized carbons (Fsp3) is 0.333. The molecule has 1 aromatic carbocycles. The van der Waals surface area contributed by atoms with Crippen molar-refractivity contribution in [2.45, 2.75) is 20.3 Å². The van der Waals surface area contributed by atoms with E-state index in [4.69, 9.17) is 4.74 Å². The van der Waals surface area contributed by atoms with Crippen LogP contribution in [0.3, 0.4) is 0 Å². The van der Waals surface area contributed by atoms with Gasteiger partial charge in [-0.1, -0.05) is 13.8 Å². The van der Waals surface area contributed by atoms with Crippen molar-refractivity contribution in [3.8, 4) is 17.1 Å². The van der Waals surface area contributed by atoms with E-state index in [1.54, 1.807) is 19.3 Å². The number of fused-ring (bicyclic) bond motifs is 1. The van der Waals surface area contributed by atoms with Crippen molar-refractivity contribution in [2.75, 3.05) is 7.11 Å². The van der Waals surface area contributed by atoms with Crippen LogP contribution in [0.1, 0.15) is 19.5 Å². The highest BCUT2D eigenvalue weighted by Gasteiger charge is 2.28. The van der Waals surface area contributed by atoms with Crippen molar-refractivity contribution in [2.24, 2.45) is 13.0 Å². The first kappa shape index (κ1) is 17.0. The van der Waals surface area contributed by atoms with Crippen molar-refractivity contribution in [1.82, 2.24) is 9.55 Å². The Labute approximate surface area is 144 Å². The van der Waals surface area contributed by atoms with E-state index in [2.05, 4.69) is 4.98 Å². The summed E-state index contributed by atoms with van der Waals surface area (Å²) in [6.07, 6.45) is 1.98. The number of H-pyrrole nitrogens is 1. The predicted octanol–water partition coefficient (Wildman–Crippen LogP) is 2.51. The molecule has 1 N–H and O–H groups in total. The van der Waals surface area contributed by atoms with Crippen LogP contribution >= 0.6 is 0 Å². The van der Waals surface area contributed by atoms with E-state index in [-0.39, 0.29) is 23.1 Å². The molecule has 0 spiro atoms. The molecule has 0 atom stereocenters. The maximum atomic E-state index is 13.7. The Morgan fingerprint density at radius 3 is 2.76 bits per heavy atom. The van der Waals surface area contributed by atoms with E-state index in [0.717, 1.165) is 0 Å². The molecule has 0 saturated carbocycles. The van der Waals surface area contributed by atoms with Gasteiger partial charge in [-0.05, 0) is 24.1 Å². The summed E-state index contributed by atoms with van der Waals surface area (Å²) in [4.78, 5) is 15.7. The number of halogens is 1. The molecule has 25 heavy (non-hydrogen) atoms. The molecule has 3 rings (SSSR count). The largest absolute Gasteiger partial charge is 0.616 e. The molecule has 0 amide bonds. The second-order valence-electron chi connectivity index (χ2n) is 6.45. The molecule has 3 aromatic rings. The van der Waals surface area contributed by atoms with E-state index >= 15 is 0 Å². The summed E-state index contributed by atoms with van der Waals surface area (Å²) in [5.74, 6) is -0.239. The number of hydrogen-bond donors (Lipinski definition) is 1. The van der Waals surface area contributed by atoms with Crippen LogP contribution in [0.2, 0.25) is 0 Å². The van der Waals surface area contributed by atoms with Gasteiger partial charge in [-0.3, -0.25) is 9.36 Å². The van der Waals surface area contributed by atoms with Crippen LogP contribution in [0.4, 0.5) is 4.39 Å². The van der Waals surface area contributed by atoms with E-state index < -0.39 is 5.82 Å². The fourth-order valence-electron chi connectivity index (χ4n) is 3.07. The third kappa shape index (κ3) is 2.75. The Bertz CT molecular complexity index is 1000. The monoisotopic (exact) mass is 345 g/mol. The lowest BCUT2D eigenvalue weighted by atomic mass is 10.1. The topological polar surface area (TPSA) is 74.0 Å². The highest BCUT2D eigenvalue weighted by Crippen LogP contribution is 2.32. The summed E-state index contributed by atoms with van der Waals surface area (Å²) < 4.78 is 20.9. The molecule has 2 heterocycles. The second-order valence-corrected chi connectivity index (χ2v) is 6.45. The second kappa shape index (κ2) is 6.23. The highest BCUT2D eigenvalue weighted by molar-refractivity contribution is 5.95. The van der Waals surface area contributed by atoms with Crippen molar-refractivity contribution in [3.05, 3.63) is 51.5 Å². The Morgan fingerprint density at radius 1 is 1.40 bits per heavy atom. The Kier molecular flexibility index (Phi) is 4.24. The predicted molar refractivity (Wildman–Crippen MR) is 93.0 cm³/mol. The molecular formula is C18H20FN3O3. The molecule has 0 bridgehead atoms. The normalized spacial score (nSPS) is 11.4. The number of hydrogen-bond acceptors (Lipinski definition) is 3. The summed E-state index contributed by atoms with van der Waals surface area (Å²) >= 11 is 0. The molecule has 132 valence electrons. The Balaban J connectivity index is 2.36.